The zero-order valence-corrected chi connectivity index (χ0v) is 8.56. The molecule has 4 nitrogen and oxygen atoms in total. The van der Waals surface area contributed by atoms with Crippen molar-refractivity contribution in [1.82, 2.24) is 9.55 Å². The number of aromatic nitrogens is 2. The summed E-state index contributed by atoms with van der Waals surface area (Å²) in [5.74, 6) is -0.927. The average molecular weight is 194 g/mol. The minimum absolute atomic E-state index is 0.0706. The van der Waals surface area contributed by atoms with Crippen molar-refractivity contribution in [1.29, 1.82) is 0 Å². The minimum atomic E-state index is -0.717. The molecule has 1 aromatic heterocycles. The second kappa shape index (κ2) is 2.59. The van der Waals surface area contributed by atoms with Gasteiger partial charge in [0.25, 0.3) is 0 Å². The third-order valence-corrected chi connectivity index (χ3v) is 3.14. The molecule has 1 aliphatic rings. The monoisotopic (exact) mass is 194 g/mol. The molecule has 2 atom stereocenters. The highest BCUT2D eigenvalue weighted by atomic mass is 16.4. The van der Waals surface area contributed by atoms with Crippen molar-refractivity contribution in [3.63, 3.8) is 0 Å². The second-order valence-corrected chi connectivity index (χ2v) is 4.58. The molecular formula is C10H14N2O2. The quantitative estimate of drug-likeness (QED) is 0.770. The van der Waals surface area contributed by atoms with Crippen LogP contribution in [0.25, 0.3) is 0 Å². The summed E-state index contributed by atoms with van der Waals surface area (Å²) in [5, 5.41) is 8.99. The first-order valence-electron chi connectivity index (χ1n) is 4.65. The van der Waals surface area contributed by atoms with E-state index in [1.165, 1.54) is 0 Å². The van der Waals surface area contributed by atoms with E-state index in [1.807, 2.05) is 31.7 Å². The molecule has 0 saturated heterocycles. The fraction of sp³-hybridized carbons (Fsp3) is 0.600. The van der Waals surface area contributed by atoms with Crippen molar-refractivity contribution in [3.05, 3.63) is 18.2 Å². The van der Waals surface area contributed by atoms with Crippen LogP contribution in [0.5, 0.6) is 0 Å². The lowest BCUT2D eigenvalue weighted by Gasteiger charge is -1.97. The molecule has 2 rings (SSSR count). The molecule has 76 valence electrons. The van der Waals surface area contributed by atoms with Crippen LogP contribution >= 0.6 is 0 Å². The van der Waals surface area contributed by atoms with Gasteiger partial charge in [-0.2, -0.15) is 0 Å². The molecule has 0 bridgehead atoms. The summed E-state index contributed by atoms with van der Waals surface area (Å²) in [5.41, 5.74) is 0.741. The summed E-state index contributed by atoms with van der Waals surface area (Å²) in [4.78, 5) is 15.1. The Bertz CT molecular complexity index is 381. The van der Waals surface area contributed by atoms with Crippen molar-refractivity contribution < 1.29 is 9.90 Å². The molecule has 1 aromatic rings. The SMILES string of the molecule is Cn1cnc([C@H]2[C@H](C(=O)O)C2(C)C)c1. The van der Waals surface area contributed by atoms with E-state index in [0.717, 1.165) is 5.69 Å². The van der Waals surface area contributed by atoms with Gasteiger partial charge in [-0.25, -0.2) is 4.98 Å². The lowest BCUT2D eigenvalue weighted by atomic mass is 10.1. The van der Waals surface area contributed by atoms with Crippen molar-refractivity contribution in [2.24, 2.45) is 18.4 Å². The maximum Gasteiger partial charge on any atom is 0.307 e. The van der Waals surface area contributed by atoms with Crippen molar-refractivity contribution in [3.8, 4) is 0 Å². The molecule has 0 aliphatic heterocycles. The summed E-state index contributed by atoms with van der Waals surface area (Å²) >= 11 is 0. The summed E-state index contributed by atoms with van der Waals surface area (Å²) in [6, 6.07) is 0. The number of carboxylic acid groups (broad SMARTS) is 1. The van der Waals surface area contributed by atoms with Gasteiger partial charge >= 0.3 is 5.97 Å². The molecular weight excluding hydrogens is 180 g/mol. The topological polar surface area (TPSA) is 55.1 Å². The fourth-order valence-electron chi connectivity index (χ4n) is 2.24. The van der Waals surface area contributed by atoms with Crippen molar-refractivity contribution >= 4 is 5.97 Å². The van der Waals surface area contributed by atoms with Crippen LogP contribution in [0.15, 0.2) is 12.5 Å². The van der Waals surface area contributed by atoms with Gasteiger partial charge in [0.05, 0.1) is 17.9 Å². The minimum Gasteiger partial charge on any atom is -0.481 e. The van der Waals surface area contributed by atoms with E-state index < -0.39 is 5.97 Å². The third kappa shape index (κ3) is 1.14. The molecule has 1 N–H and O–H groups in total. The van der Waals surface area contributed by atoms with Gasteiger partial charge in [0.2, 0.25) is 0 Å². The Morgan fingerprint density at radius 1 is 1.64 bits per heavy atom. The molecule has 1 fully saturated rings. The van der Waals surface area contributed by atoms with Gasteiger partial charge in [0.15, 0.2) is 0 Å². The second-order valence-electron chi connectivity index (χ2n) is 4.58. The zero-order valence-electron chi connectivity index (χ0n) is 8.56. The van der Waals surface area contributed by atoms with Gasteiger partial charge in [0, 0.05) is 19.2 Å². The largest absolute Gasteiger partial charge is 0.481 e. The molecule has 1 saturated carbocycles. The number of hydrogen-bond donors (Lipinski definition) is 1. The molecule has 1 aliphatic carbocycles. The van der Waals surface area contributed by atoms with E-state index in [1.54, 1.807) is 6.33 Å². The predicted octanol–water partition coefficient (Wildman–Crippen LogP) is 1.24. The number of hydrogen-bond acceptors (Lipinski definition) is 2. The molecule has 1 heterocycles. The van der Waals surface area contributed by atoms with Crippen LogP contribution in [0.1, 0.15) is 25.5 Å². The number of aliphatic carboxylic acids is 1. The summed E-state index contributed by atoms with van der Waals surface area (Å²) in [6.07, 6.45) is 3.61. The fourth-order valence-corrected chi connectivity index (χ4v) is 2.24. The van der Waals surface area contributed by atoms with Crippen LogP contribution in [0.2, 0.25) is 0 Å². The van der Waals surface area contributed by atoms with E-state index in [-0.39, 0.29) is 17.3 Å². The smallest absolute Gasteiger partial charge is 0.307 e. The summed E-state index contributed by atoms with van der Waals surface area (Å²) in [7, 11) is 1.89. The first kappa shape index (κ1) is 9.24. The number of aryl methyl sites for hydroxylation is 1. The Labute approximate surface area is 82.6 Å². The Morgan fingerprint density at radius 3 is 2.64 bits per heavy atom. The Morgan fingerprint density at radius 2 is 2.29 bits per heavy atom. The van der Waals surface area contributed by atoms with Crippen LogP contribution in [0.3, 0.4) is 0 Å². The first-order chi connectivity index (χ1) is 6.44. The van der Waals surface area contributed by atoms with Crippen LogP contribution in [-0.4, -0.2) is 20.6 Å². The Balaban J connectivity index is 2.27. The highest BCUT2D eigenvalue weighted by Gasteiger charge is 2.63. The molecule has 14 heavy (non-hydrogen) atoms. The summed E-state index contributed by atoms with van der Waals surface area (Å²) in [6.45, 7) is 3.95. The van der Waals surface area contributed by atoms with Crippen LogP contribution < -0.4 is 0 Å². The van der Waals surface area contributed by atoms with Crippen molar-refractivity contribution in [2.75, 3.05) is 0 Å². The number of carbonyl (C=O) groups is 1. The molecule has 0 radical (unpaired) electrons. The number of carboxylic acids is 1. The van der Waals surface area contributed by atoms with E-state index in [0.29, 0.717) is 0 Å². The maximum atomic E-state index is 10.9. The predicted molar refractivity (Wildman–Crippen MR) is 50.9 cm³/mol. The average Bonchev–Trinajstić information content (AvgIpc) is 2.42. The number of imidazole rings is 1. The van der Waals surface area contributed by atoms with Crippen LogP contribution in [-0.2, 0) is 11.8 Å². The molecule has 0 amide bonds. The van der Waals surface area contributed by atoms with Gasteiger partial charge in [0.1, 0.15) is 0 Å². The van der Waals surface area contributed by atoms with Gasteiger partial charge in [-0.15, -0.1) is 0 Å². The molecule has 0 aromatic carbocycles. The highest BCUT2D eigenvalue weighted by Crippen LogP contribution is 2.63. The van der Waals surface area contributed by atoms with Gasteiger partial charge in [-0.3, -0.25) is 4.79 Å². The van der Waals surface area contributed by atoms with E-state index in [2.05, 4.69) is 4.98 Å². The molecule has 0 unspecified atom stereocenters. The van der Waals surface area contributed by atoms with Gasteiger partial charge in [-0.1, -0.05) is 13.8 Å². The van der Waals surface area contributed by atoms with Gasteiger partial charge < -0.3 is 9.67 Å². The standard InChI is InChI=1S/C10H14N2O2/c1-10(2)7(8(10)9(13)14)6-4-12(3)5-11-6/h4-5,7-8H,1-3H3,(H,13,14)/t7-,8+/m0/s1. The molecule has 4 heteroatoms. The number of rotatable bonds is 2. The summed E-state index contributed by atoms with van der Waals surface area (Å²) < 4.78 is 1.85. The van der Waals surface area contributed by atoms with E-state index in [9.17, 15) is 4.79 Å². The Hall–Kier alpha value is -1.32. The van der Waals surface area contributed by atoms with Crippen LogP contribution in [0.4, 0.5) is 0 Å². The Kier molecular flexibility index (Phi) is 1.71. The number of nitrogens with zero attached hydrogens (tertiary/aromatic N) is 2. The third-order valence-electron chi connectivity index (χ3n) is 3.14. The highest BCUT2D eigenvalue weighted by molar-refractivity contribution is 5.77. The normalized spacial score (nSPS) is 28.8. The van der Waals surface area contributed by atoms with Crippen molar-refractivity contribution in [2.45, 2.75) is 19.8 Å². The van der Waals surface area contributed by atoms with E-state index >= 15 is 0 Å². The lowest BCUT2D eigenvalue weighted by Crippen LogP contribution is -2.03. The van der Waals surface area contributed by atoms with Crippen LogP contribution in [0, 0.1) is 11.3 Å². The molecule has 0 spiro atoms. The lowest BCUT2D eigenvalue weighted by molar-refractivity contribution is -0.139. The zero-order chi connectivity index (χ0) is 10.5. The maximum absolute atomic E-state index is 10.9. The van der Waals surface area contributed by atoms with E-state index in [4.69, 9.17) is 5.11 Å². The van der Waals surface area contributed by atoms with Gasteiger partial charge in [-0.05, 0) is 5.41 Å². The first-order valence-corrected chi connectivity index (χ1v) is 4.65.